The number of fused-ring (bicyclic) bond motifs is 1. The second-order valence-corrected chi connectivity index (χ2v) is 6.57. The molecule has 28 heavy (non-hydrogen) atoms. The molecule has 0 bridgehead atoms. The summed E-state index contributed by atoms with van der Waals surface area (Å²) < 4.78 is 31.9. The molecule has 0 saturated heterocycles. The maximum Gasteiger partial charge on any atom is 0.340 e. The van der Waals surface area contributed by atoms with E-state index < -0.39 is 17.6 Å². The van der Waals surface area contributed by atoms with Crippen molar-refractivity contribution in [3.63, 3.8) is 0 Å². The van der Waals surface area contributed by atoms with Crippen molar-refractivity contribution in [1.29, 1.82) is 0 Å². The number of carbonyl (C=O) groups excluding carboxylic acids is 1. The van der Waals surface area contributed by atoms with E-state index in [1.807, 2.05) is 38.1 Å². The van der Waals surface area contributed by atoms with Crippen LogP contribution in [0.5, 0.6) is 0 Å². The molecule has 0 fully saturated rings. The molecule has 3 rings (SSSR count). The third-order valence-electron chi connectivity index (χ3n) is 4.73. The number of benzene rings is 2. The molecule has 4 nitrogen and oxygen atoms in total. The van der Waals surface area contributed by atoms with Crippen LogP contribution in [0.1, 0.15) is 47.1 Å². The second kappa shape index (κ2) is 8.44. The fraction of sp³-hybridized carbons (Fsp3) is 0.273. The normalized spacial score (nSPS) is 12.2. The standard InChI is InChI=1S/C22H22F2N2O2/c1-4-28-22(27)21-13(2)16-7-5-6-8-19(16)26-20(21)12-25-14(3)15-9-10-17(23)18(24)11-15/h5-11,14,25H,4,12H2,1-3H3/t14-/m0/s1. The minimum atomic E-state index is -0.891. The number of rotatable bonds is 6. The van der Waals surface area contributed by atoms with E-state index in [1.54, 1.807) is 6.92 Å². The fourth-order valence-electron chi connectivity index (χ4n) is 3.19. The van der Waals surface area contributed by atoms with Crippen LogP contribution < -0.4 is 5.32 Å². The molecule has 6 heteroatoms. The lowest BCUT2D eigenvalue weighted by Crippen LogP contribution is -2.22. The van der Waals surface area contributed by atoms with Crippen molar-refractivity contribution in [2.45, 2.75) is 33.4 Å². The molecule has 1 aromatic heterocycles. The van der Waals surface area contributed by atoms with E-state index >= 15 is 0 Å². The van der Waals surface area contributed by atoms with Gasteiger partial charge in [0.2, 0.25) is 0 Å². The Bertz CT molecular complexity index is 1020. The van der Waals surface area contributed by atoms with Crippen molar-refractivity contribution in [3.8, 4) is 0 Å². The number of ether oxygens (including phenoxy) is 1. The van der Waals surface area contributed by atoms with E-state index in [1.165, 1.54) is 12.1 Å². The Morgan fingerprint density at radius 3 is 2.64 bits per heavy atom. The van der Waals surface area contributed by atoms with E-state index in [2.05, 4.69) is 10.3 Å². The molecule has 0 aliphatic heterocycles. The summed E-state index contributed by atoms with van der Waals surface area (Å²) in [5, 5.41) is 4.12. The van der Waals surface area contributed by atoms with E-state index in [-0.39, 0.29) is 19.2 Å². The lowest BCUT2D eigenvalue weighted by Gasteiger charge is -2.18. The molecular formula is C22H22F2N2O2. The highest BCUT2D eigenvalue weighted by molar-refractivity contribution is 5.98. The number of nitrogens with one attached hydrogen (secondary N) is 1. The van der Waals surface area contributed by atoms with Crippen molar-refractivity contribution in [3.05, 3.63) is 76.5 Å². The quantitative estimate of drug-likeness (QED) is 0.618. The van der Waals surface area contributed by atoms with E-state index in [9.17, 15) is 13.6 Å². The first kappa shape index (κ1) is 19.9. The predicted octanol–water partition coefficient (Wildman–Crippen LogP) is 4.85. The number of para-hydroxylation sites is 1. The second-order valence-electron chi connectivity index (χ2n) is 6.57. The van der Waals surface area contributed by atoms with Crippen molar-refractivity contribution in [1.82, 2.24) is 10.3 Å². The Labute approximate surface area is 162 Å². The van der Waals surface area contributed by atoms with E-state index in [0.717, 1.165) is 22.5 Å². The Balaban J connectivity index is 1.93. The average molecular weight is 384 g/mol. The predicted molar refractivity (Wildman–Crippen MR) is 104 cm³/mol. The number of hydrogen-bond donors (Lipinski definition) is 1. The van der Waals surface area contributed by atoms with Crippen molar-refractivity contribution in [2.24, 2.45) is 0 Å². The van der Waals surface area contributed by atoms with Crippen LogP contribution in [-0.2, 0) is 11.3 Å². The zero-order valence-corrected chi connectivity index (χ0v) is 16.1. The topological polar surface area (TPSA) is 51.2 Å². The first-order chi connectivity index (χ1) is 13.4. The maximum absolute atomic E-state index is 13.5. The van der Waals surface area contributed by atoms with Crippen LogP contribution in [0.4, 0.5) is 8.78 Å². The zero-order valence-electron chi connectivity index (χ0n) is 16.1. The van der Waals surface area contributed by atoms with E-state index in [0.29, 0.717) is 16.8 Å². The van der Waals surface area contributed by atoms with Gasteiger partial charge in [0.25, 0.3) is 0 Å². The lowest BCUT2D eigenvalue weighted by atomic mass is 10.0. The van der Waals surface area contributed by atoms with Gasteiger partial charge in [-0.1, -0.05) is 24.3 Å². The van der Waals surface area contributed by atoms with Crippen molar-refractivity contribution >= 4 is 16.9 Å². The molecule has 0 amide bonds. The van der Waals surface area contributed by atoms with Gasteiger partial charge in [-0.05, 0) is 50.1 Å². The van der Waals surface area contributed by atoms with Crippen LogP contribution in [0, 0.1) is 18.6 Å². The van der Waals surface area contributed by atoms with Gasteiger partial charge in [0.05, 0.1) is 23.4 Å². The number of carbonyl (C=O) groups is 1. The maximum atomic E-state index is 13.5. The summed E-state index contributed by atoms with van der Waals surface area (Å²) in [4.78, 5) is 17.2. The van der Waals surface area contributed by atoms with Gasteiger partial charge in [-0.3, -0.25) is 4.98 Å². The highest BCUT2D eigenvalue weighted by atomic mass is 19.2. The van der Waals surface area contributed by atoms with Crippen LogP contribution in [-0.4, -0.2) is 17.6 Å². The molecule has 146 valence electrons. The Morgan fingerprint density at radius 2 is 1.93 bits per heavy atom. The largest absolute Gasteiger partial charge is 0.462 e. The molecule has 1 atom stereocenters. The van der Waals surface area contributed by atoms with Gasteiger partial charge in [-0.15, -0.1) is 0 Å². The van der Waals surface area contributed by atoms with E-state index in [4.69, 9.17) is 4.74 Å². The van der Waals surface area contributed by atoms with Crippen LogP contribution in [0.25, 0.3) is 10.9 Å². The molecule has 3 aromatic rings. The van der Waals surface area contributed by atoms with Crippen LogP contribution in [0.2, 0.25) is 0 Å². The van der Waals surface area contributed by atoms with Gasteiger partial charge in [-0.2, -0.15) is 0 Å². The first-order valence-electron chi connectivity index (χ1n) is 9.16. The molecule has 0 unspecified atom stereocenters. The number of nitrogens with zero attached hydrogens (tertiary/aromatic N) is 1. The van der Waals surface area contributed by atoms with Crippen LogP contribution >= 0.6 is 0 Å². The Morgan fingerprint density at radius 1 is 1.18 bits per heavy atom. The molecule has 1 N–H and O–H groups in total. The van der Waals surface area contributed by atoms with Crippen molar-refractivity contribution in [2.75, 3.05) is 6.61 Å². The summed E-state index contributed by atoms with van der Waals surface area (Å²) in [6, 6.07) is 11.1. The number of hydrogen-bond acceptors (Lipinski definition) is 4. The lowest BCUT2D eigenvalue weighted by molar-refractivity contribution is 0.0523. The number of aryl methyl sites for hydroxylation is 1. The first-order valence-corrected chi connectivity index (χ1v) is 9.16. The summed E-state index contributed by atoms with van der Waals surface area (Å²) >= 11 is 0. The smallest absolute Gasteiger partial charge is 0.340 e. The van der Waals surface area contributed by atoms with Gasteiger partial charge in [-0.25, -0.2) is 13.6 Å². The van der Waals surface area contributed by atoms with Gasteiger partial charge in [0, 0.05) is 18.0 Å². The van der Waals surface area contributed by atoms with Gasteiger partial charge in [0.1, 0.15) is 0 Å². The number of pyridine rings is 1. The van der Waals surface area contributed by atoms with Gasteiger partial charge in [0.15, 0.2) is 11.6 Å². The molecule has 2 aromatic carbocycles. The molecule has 0 aliphatic carbocycles. The van der Waals surface area contributed by atoms with Gasteiger partial charge < -0.3 is 10.1 Å². The minimum absolute atomic E-state index is 0.265. The zero-order chi connectivity index (χ0) is 20.3. The van der Waals surface area contributed by atoms with Crippen LogP contribution in [0.15, 0.2) is 42.5 Å². The summed E-state index contributed by atoms with van der Waals surface area (Å²) in [5.74, 6) is -2.19. The molecule has 0 saturated carbocycles. The Hall–Kier alpha value is -2.86. The summed E-state index contributed by atoms with van der Waals surface area (Å²) in [6.07, 6.45) is 0. The molecule has 1 heterocycles. The molecule has 0 radical (unpaired) electrons. The third-order valence-corrected chi connectivity index (χ3v) is 4.73. The number of aromatic nitrogens is 1. The molecule has 0 spiro atoms. The van der Waals surface area contributed by atoms with Gasteiger partial charge >= 0.3 is 5.97 Å². The van der Waals surface area contributed by atoms with Crippen molar-refractivity contribution < 1.29 is 18.3 Å². The molecule has 0 aliphatic rings. The number of esters is 1. The SMILES string of the molecule is CCOC(=O)c1c(CN[C@@H](C)c2ccc(F)c(F)c2)nc2ccccc2c1C. The highest BCUT2D eigenvalue weighted by Gasteiger charge is 2.20. The summed E-state index contributed by atoms with van der Waals surface area (Å²) in [6.45, 7) is 6.01. The Kier molecular flexibility index (Phi) is 5.99. The highest BCUT2D eigenvalue weighted by Crippen LogP contribution is 2.24. The number of halogens is 2. The average Bonchev–Trinajstić information content (AvgIpc) is 2.68. The molecular weight excluding hydrogens is 362 g/mol. The summed E-state index contributed by atoms with van der Waals surface area (Å²) in [7, 11) is 0. The fourth-order valence-corrected chi connectivity index (χ4v) is 3.19. The third kappa shape index (κ3) is 4.02. The summed E-state index contributed by atoms with van der Waals surface area (Å²) in [5.41, 5.74) is 3.19. The monoisotopic (exact) mass is 384 g/mol. The minimum Gasteiger partial charge on any atom is -0.462 e. The van der Waals surface area contributed by atoms with Crippen LogP contribution in [0.3, 0.4) is 0 Å².